The van der Waals surface area contributed by atoms with Crippen molar-refractivity contribution in [1.82, 2.24) is 4.90 Å². The first-order chi connectivity index (χ1) is 9.77. The highest BCUT2D eigenvalue weighted by Gasteiger charge is 2.26. The Labute approximate surface area is 125 Å². The average Bonchev–Trinajstić information content (AvgIpc) is 2.79. The molecule has 0 unspecified atom stereocenters. The molecule has 0 amide bonds. The van der Waals surface area contributed by atoms with Crippen LogP contribution in [-0.4, -0.2) is 37.9 Å². The SMILES string of the molecule is CN(C)CCOc1ccc2oc(C(=O)C(C)(C)C)cc2c1. The molecule has 2 aromatic rings. The lowest BCUT2D eigenvalue weighted by Gasteiger charge is -2.13. The molecule has 0 aliphatic heterocycles. The number of carbonyl (C=O) groups is 1. The van der Waals surface area contributed by atoms with Crippen LogP contribution in [-0.2, 0) is 0 Å². The van der Waals surface area contributed by atoms with Gasteiger partial charge < -0.3 is 14.1 Å². The van der Waals surface area contributed by atoms with Crippen LogP contribution >= 0.6 is 0 Å². The fourth-order valence-corrected chi connectivity index (χ4v) is 1.94. The number of Topliss-reactive ketones (excluding diaryl/α,β-unsaturated/α-hetero) is 1. The number of furan rings is 1. The molecule has 1 heterocycles. The Hall–Kier alpha value is -1.81. The molecule has 0 N–H and O–H groups in total. The second kappa shape index (κ2) is 5.90. The summed E-state index contributed by atoms with van der Waals surface area (Å²) in [6.45, 7) is 7.15. The lowest BCUT2D eigenvalue weighted by molar-refractivity contribution is 0.0831. The lowest BCUT2D eigenvalue weighted by atomic mass is 9.89. The largest absolute Gasteiger partial charge is 0.492 e. The number of nitrogens with zero attached hydrogens (tertiary/aromatic N) is 1. The van der Waals surface area contributed by atoms with E-state index in [0.29, 0.717) is 18.0 Å². The Balaban J connectivity index is 2.18. The van der Waals surface area contributed by atoms with Gasteiger partial charge in [-0.05, 0) is 38.4 Å². The predicted molar refractivity (Wildman–Crippen MR) is 84.0 cm³/mol. The van der Waals surface area contributed by atoms with Crippen molar-refractivity contribution in [3.63, 3.8) is 0 Å². The van der Waals surface area contributed by atoms with Crippen molar-refractivity contribution >= 4 is 16.8 Å². The van der Waals surface area contributed by atoms with Crippen LogP contribution in [0.15, 0.2) is 28.7 Å². The maximum atomic E-state index is 12.2. The van der Waals surface area contributed by atoms with Crippen LogP contribution in [0, 0.1) is 5.41 Å². The number of carbonyl (C=O) groups excluding carboxylic acids is 1. The molecule has 0 saturated carbocycles. The number of rotatable bonds is 5. The fraction of sp³-hybridized carbons (Fsp3) is 0.471. The van der Waals surface area contributed by atoms with Crippen LogP contribution in [0.4, 0.5) is 0 Å². The molecule has 21 heavy (non-hydrogen) atoms. The van der Waals surface area contributed by atoms with E-state index in [1.54, 1.807) is 6.07 Å². The van der Waals surface area contributed by atoms with Gasteiger partial charge in [0.2, 0.25) is 5.78 Å². The molecular weight excluding hydrogens is 266 g/mol. The molecule has 0 fully saturated rings. The highest BCUT2D eigenvalue weighted by molar-refractivity contribution is 6.00. The first kappa shape index (κ1) is 15.6. The monoisotopic (exact) mass is 289 g/mol. The lowest BCUT2D eigenvalue weighted by Crippen LogP contribution is -2.19. The molecule has 2 rings (SSSR count). The summed E-state index contributed by atoms with van der Waals surface area (Å²) in [5, 5.41) is 0.893. The second-order valence-electron chi connectivity index (χ2n) is 6.54. The minimum Gasteiger partial charge on any atom is -0.492 e. The second-order valence-corrected chi connectivity index (χ2v) is 6.54. The molecule has 0 radical (unpaired) electrons. The minimum absolute atomic E-state index is 0.00813. The van der Waals surface area contributed by atoms with E-state index in [2.05, 4.69) is 4.90 Å². The summed E-state index contributed by atoms with van der Waals surface area (Å²) in [5.74, 6) is 1.21. The average molecular weight is 289 g/mol. The summed E-state index contributed by atoms with van der Waals surface area (Å²) in [6.07, 6.45) is 0. The van der Waals surface area contributed by atoms with E-state index in [4.69, 9.17) is 9.15 Å². The van der Waals surface area contributed by atoms with Crippen molar-refractivity contribution in [2.24, 2.45) is 5.41 Å². The molecule has 0 saturated heterocycles. The molecular formula is C17H23NO3. The molecule has 0 atom stereocenters. The van der Waals surface area contributed by atoms with E-state index in [-0.39, 0.29) is 5.78 Å². The number of ether oxygens (including phenoxy) is 1. The molecule has 4 heteroatoms. The van der Waals surface area contributed by atoms with Crippen LogP contribution in [0.2, 0.25) is 0 Å². The standard InChI is InChI=1S/C17H23NO3/c1-17(2,3)16(19)15-11-12-10-13(6-7-14(12)21-15)20-9-8-18(4)5/h6-7,10-11H,8-9H2,1-5H3. The van der Waals surface area contributed by atoms with Gasteiger partial charge in [-0.1, -0.05) is 20.8 Å². The van der Waals surface area contributed by atoms with E-state index in [0.717, 1.165) is 17.7 Å². The first-order valence-corrected chi connectivity index (χ1v) is 7.13. The first-order valence-electron chi connectivity index (χ1n) is 7.13. The Morgan fingerprint density at radius 2 is 1.95 bits per heavy atom. The van der Waals surface area contributed by atoms with Gasteiger partial charge in [0.15, 0.2) is 5.76 Å². The predicted octanol–water partition coefficient (Wildman–Crippen LogP) is 3.60. The van der Waals surface area contributed by atoms with Crippen molar-refractivity contribution in [1.29, 1.82) is 0 Å². The van der Waals surface area contributed by atoms with Crippen LogP contribution < -0.4 is 4.74 Å². The van der Waals surface area contributed by atoms with Crippen molar-refractivity contribution in [2.75, 3.05) is 27.2 Å². The van der Waals surface area contributed by atoms with Crippen LogP contribution in [0.3, 0.4) is 0 Å². The summed E-state index contributed by atoms with van der Waals surface area (Å²) in [4.78, 5) is 14.3. The fourth-order valence-electron chi connectivity index (χ4n) is 1.94. The molecule has 114 valence electrons. The zero-order valence-corrected chi connectivity index (χ0v) is 13.4. The molecule has 1 aromatic carbocycles. The third-order valence-corrected chi connectivity index (χ3v) is 3.20. The highest BCUT2D eigenvalue weighted by atomic mass is 16.5. The molecule has 4 nitrogen and oxygen atoms in total. The Kier molecular flexibility index (Phi) is 4.37. The van der Waals surface area contributed by atoms with Crippen molar-refractivity contribution < 1.29 is 13.9 Å². The molecule has 0 bridgehead atoms. The maximum Gasteiger partial charge on any atom is 0.203 e. The number of ketones is 1. The Bertz CT molecular complexity index is 635. The summed E-state index contributed by atoms with van der Waals surface area (Å²) in [5.41, 5.74) is 0.265. The van der Waals surface area contributed by atoms with Gasteiger partial charge in [-0.2, -0.15) is 0 Å². The smallest absolute Gasteiger partial charge is 0.203 e. The molecule has 0 aliphatic carbocycles. The topological polar surface area (TPSA) is 42.7 Å². The van der Waals surface area contributed by atoms with E-state index in [9.17, 15) is 4.79 Å². The summed E-state index contributed by atoms with van der Waals surface area (Å²) < 4.78 is 11.3. The summed E-state index contributed by atoms with van der Waals surface area (Å²) in [6, 6.07) is 7.42. The maximum absolute atomic E-state index is 12.2. The van der Waals surface area contributed by atoms with Gasteiger partial charge in [0, 0.05) is 17.3 Å². The Morgan fingerprint density at radius 3 is 2.57 bits per heavy atom. The van der Waals surface area contributed by atoms with Crippen molar-refractivity contribution in [3.8, 4) is 5.75 Å². The minimum atomic E-state index is -0.446. The number of hydrogen-bond donors (Lipinski definition) is 0. The van der Waals surface area contributed by atoms with Crippen LogP contribution in [0.5, 0.6) is 5.75 Å². The number of benzene rings is 1. The van der Waals surface area contributed by atoms with Crippen molar-refractivity contribution in [2.45, 2.75) is 20.8 Å². The highest BCUT2D eigenvalue weighted by Crippen LogP contribution is 2.28. The van der Waals surface area contributed by atoms with E-state index in [1.807, 2.05) is 53.1 Å². The van der Waals surface area contributed by atoms with Crippen molar-refractivity contribution in [3.05, 3.63) is 30.0 Å². The number of fused-ring (bicyclic) bond motifs is 1. The number of hydrogen-bond acceptors (Lipinski definition) is 4. The number of likely N-dealkylation sites (N-methyl/N-ethyl adjacent to an activating group) is 1. The molecule has 0 aliphatic rings. The van der Waals surface area contributed by atoms with Gasteiger partial charge in [0.1, 0.15) is 17.9 Å². The molecule has 1 aromatic heterocycles. The third-order valence-electron chi connectivity index (χ3n) is 3.20. The normalized spacial score (nSPS) is 12.1. The van der Waals surface area contributed by atoms with Crippen LogP contribution in [0.25, 0.3) is 11.0 Å². The zero-order valence-electron chi connectivity index (χ0n) is 13.4. The third kappa shape index (κ3) is 3.85. The summed E-state index contributed by atoms with van der Waals surface area (Å²) >= 11 is 0. The van der Waals surface area contributed by atoms with Gasteiger partial charge in [-0.3, -0.25) is 4.79 Å². The van der Waals surface area contributed by atoms with E-state index < -0.39 is 5.41 Å². The van der Waals surface area contributed by atoms with Crippen LogP contribution in [0.1, 0.15) is 31.3 Å². The van der Waals surface area contributed by atoms with Gasteiger partial charge in [-0.25, -0.2) is 0 Å². The zero-order chi connectivity index (χ0) is 15.6. The van der Waals surface area contributed by atoms with Gasteiger partial charge in [-0.15, -0.1) is 0 Å². The van der Waals surface area contributed by atoms with Gasteiger partial charge in [0.05, 0.1) is 0 Å². The quantitative estimate of drug-likeness (QED) is 0.789. The Morgan fingerprint density at radius 1 is 1.24 bits per heavy atom. The van der Waals surface area contributed by atoms with Gasteiger partial charge >= 0.3 is 0 Å². The van der Waals surface area contributed by atoms with E-state index in [1.165, 1.54) is 0 Å². The summed E-state index contributed by atoms with van der Waals surface area (Å²) in [7, 11) is 4.01. The molecule has 0 spiro atoms. The van der Waals surface area contributed by atoms with Gasteiger partial charge in [0.25, 0.3) is 0 Å². The van der Waals surface area contributed by atoms with E-state index >= 15 is 0 Å².